The van der Waals surface area contributed by atoms with E-state index in [9.17, 15) is 53.1 Å². The number of aliphatic carboxylic acids is 1. The maximum absolute atomic E-state index is 13.6. The van der Waals surface area contributed by atoms with Crippen molar-refractivity contribution in [1.82, 2.24) is 47.9 Å². The molecular formula is C44H73N13O13S3. The Morgan fingerprint density at radius 3 is 1.78 bits per heavy atom. The largest absolute Gasteiger partial charge is 0.481 e. The highest BCUT2D eigenvalue weighted by Gasteiger charge is 2.33. The molecule has 1 aromatic carbocycles. The second-order valence-electron chi connectivity index (χ2n) is 16.1. The topological polar surface area (TPSA) is 408 Å². The number of hydrogen-bond donors (Lipinski definition) is 15. The maximum Gasteiger partial charge on any atom is 0.305 e. The van der Waals surface area contributed by atoms with E-state index in [0.717, 1.165) is 0 Å². The van der Waals surface area contributed by atoms with Crippen molar-refractivity contribution in [2.24, 2.45) is 22.2 Å². The first kappa shape index (κ1) is 65.1. The third-order valence-corrected chi connectivity index (χ3v) is 11.5. The zero-order valence-electron chi connectivity index (χ0n) is 41.3. The van der Waals surface area contributed by atoms with Gasteiger partial charge in [-0.15, -0.1) is 0 Å². The summed E-state index contributed by atoms with van der Waals surface area (Å²) < 4.78 is 10.2. The number of carboxylic acids is 1. The number of aliphatic imine (C=N–C) groups is 1. The van der Waals surface area contributed by atoms with E-state index in [1.807, 2.05) is 0 Å². The minimum absolute atomic E-state index is 0.0403. The van der Waals surface area contributed by atoms with Gasteiger partial charge >= 0.3 is 5.97 Å². The standard InChI is InChI=1S/C44H73N13O13S3/c1-26(37(62)48-16-17-70-19-18-69-2)51-40(65)30(20-27-10-5-4-6-11-27)55-43(68)33(24-72)57-41(66)31(21-36(60)61)53-34(58)22-50-38(63)28(13-9-15-49-44(46)47)54-42(67)32(23-71)56-39(64)29(12-7-8-14-45)52-35(59)25-73-3/h4-6,10-11,26,28-33,71-72H,7-9,12-25,45H2,1-3H3,(H,48,62)(H,50,63)(H,51,65)(H,52,59)(H,53,58)(H,54,67)(H,55,68)(H,56,64)(H,57,66)(H,60,61)(H4,46,47,49)/t26-,28-,29-,30-,31-,32-,33-/m0/s1. The van der Waals surface area contributed by atoms with Crippen molar-refractivity contribution in [2.45, 2.75) is 94.2 Å². The summed E-state index contributed by atoms with van der Waals surface area (Å²) in [7, 11) is 1.52. The SMILES string of the molecule is COCCOCCNC(=O)[C@H](C)NC(=O)[C@H](Cc1ccccc1)NC(=O)[C@H](CS)NC(=O)[C@H](CC(=O)O)NC(=O)CNC(=O)[C@H](CCCN=C(N)N)NC(=O)[C@H](CS)NC(=O)[C@H](CCCCN)NC(=O)CSC. The molecule has 0 fully saturated rings. The number of benzene rings is 1. The fourth-order valence-corrected chi connectivity index (χ4v) is 7.24. The van der Waals surface area contributed by atoms with Gasteiger partial charge in [0.2, 0.25) is 53.2 Å². The van der Waals surface area contributed by atoms with Crippen molar-refractivity contribution in [2.75, 3.05) is 76.6 Å². The van der Waals surface area contributed by atoms with Crippen LogP contribution < -0.4 is 65.1 Å². The number of nitrogens with one attached hydrogen (secondary N) is 9. The molecule has 410 valence electrons. The number of carboxylic acid groups (broad SMARTS) is 1. The van der Waals surface area contributed by atoms with E-state index < -0.39 is 114 Å². The Labute approximate surface area is 439 Å². The number of ether oxygens (including phenoxy) is 2. The predicted octanol–water partition coefficient (Wildman–Crippen LogP) is -4.58. The lowest BCUT2D eigenvalue weighted by Crippen LogP contribution is -2.59. The summed E-state index contributed by atoms with van der Waals surface area (Å²) in [6, 6.07) is -0.661. The quantitative estimate of drug-likeness (QED) is 0.0128. The number of methoxy groups -OCH3 is 1. The Morgan fingerprint density at radius 2 is 1.21 bits per heavy atom. The molecule has 0 aromatic heterocycles. The molecule has 0 spiro atoms. The lowest BCUT2D eigenvalue weighted by Gasteiger charge is -2.25. The zero-order valence-corrected chi connectivity index (χ0v) is 43.9. The molecule has 1 aromatic rings. The Kier molecular flexibility index (Phi) is 33.7. The summed E-state index contributed by atoms with van der Waals surface area (Å²) in [6.45, 7) is 2.05. The number of thioether (sulfide) groups is 1. The van der Waals surface area contributed by atoms with E-state index >= 15 is 0 Å². The molecule has 0 aliphatic carbocycles. The minimum Gasteiger partial charge on any atom is -0.481 e. The highest BCUT2D eigenvalue weighted by atomic mass is 32.2. The van der Waals surface area contributed by atoms with Crippen LogP contribution in [0.1, 0.15) is 51.0 Å². The number of thiol groups is 2. The first-order valence-corrected chi connectivity index (χ1v) is 25.9. The average molecular weight is 1090 g/mol. The Morgan fingerprint density at radius 1 is 0.658 bits per heavy atom. The van der Waals surface area contributed by atoms with Crippen LogP contribution in [0.5, 0.6) is 0 Å². The van der Waals surface area contributed by atoms with Crippen LogP contribution in [-0.4, -0.2) is 189 Å². The van der Waals surface area contributed by atoms with E-state index in [1.165, 1.54) is 25.8 Å². The fraction of sp³-hybridized carbons (Fsp3) is 0.614. The zero-order chi connectivity index (χ0) is 54.7. The van der Waals surface area contributed by atoms with Gasteiger partial charge in [0.1, 0.15) is 42.3 Å². The summed E-state index contributed by atoms with van der Waals surface area (Å²) in [5, 5.41) is 32.0. The highest BCUT2D eigenvalue weighted by Crippen LogP contribution is 2.08. The molecule has 0 unspecified atom stereocenters. The molecule has 26 nitrogen and oxygen atoms in total. The van der Waals surface area contributed by atoms with Crippen molar-refractivity contribution in [1.29, 1.82) is 0 Å². The summed E-state index contributed by atoms with van der Waals surface area (Å²) >= 11 is 9.64. The van der Waals surface area contributed by atoms with Gasteiger partial charge in [-0.25, -0.2) is 0 Å². The first-order chi connectivity index (χ1) is 34.8. The van der Waals surface area contributed by atoms with Crippen molar-refractivity contribution >= 4 is 102 Å². The Hall–Kier alpha value is -5.88. The molecule has 0 heterocycles. The second-order valence-corrected chi connectivity index (χ2v) is 17.7. The van der Waals surface area contributed by atoms with Gasteiger partial charge in [-0.05, 0) is 57.4 Å². The van der Waals surface area contributed by atoms with Gasteiger partial charge in [-0.3, -0.25) is 52.9 Å². The van der Waals surface area contributed by atoms with Crippen LogP contribution in [0.15, 0.2) is 35.3 Å². The lowest BCUT2D eigenvalue weighted by atomic mass is 10.0. The van der Waals surface area contributed by atoms with Crippen LogP contribution in [0, 0.1) is 0 Å². The summed E-state index contributed by atoms with van der Waals surface area (Å²) in [6.07, 6.45) is 2.08. The van der Waals surface area contributed by atoms with Gasteiger partial charge < -0.3 is 79.6 Å². The van der Waals surface area contributed by atoms with Crippen molar-refractivity contribution in [3.05, 3.63) is 35.9 Å². The molecule has 29 heteroatoms. The fourth-order valence-electron chi connectivity index (χ4n) is 6.38. The number of guanidine groups is 1. The molecule has 16 N–H and O–H groups in total. The highest BCUT2D eigenvalue weighted by molar-refractivity contribution is 7.99. The third kappa shape index (κ3) is 28.2. The van der Waals surface area contributed by atoms with Gasteiger partial charge in [0.15, 0.2) is 5.96 Å². The van der Waals surface area contributed by atoms with Gasteiger partial charge in [-0.1, -0.05) is 30.3 Å². The monoisotopic (exact) mass is 1090 g/mol. The number of carbonyl (C=O) groups excluding carboxylic acids is 9. The molecule has 0 aliphatic heterocycles. The number of nitrogens with two attached hydrogens (primary N) is 3. The Balaban J connectivity index is 3.14. The van der Waals surface area contributed by atoms with Crippen LogP contribution in [0.25, 0.3) is 0 Å². The van der Waals surface area contributed by atoms with Crippen molar-refractivity contribution in [3.8, 4) is 0 Å². The van der Waals surface area contributed by atoms with Crippen LogP contribution in [0.4, 0.5) is 0 Å². The van der Waals surface area contributed by atoms with E-state index in [2.05, 4.69) is 78.1 Å². The van der Waals surface area contributed by atoms with Crippen LogP contribution in [-0.2, 0) is 63.8 Å². The maximum atomic E-state index is 13.6. The van der Waals surface area contributed by atoms with E-state index in [4.69, 9.17) is 26.7 Å². The van der Waals surface area contributed by atoms with Gasteiger partial charge in [0.25, 0.3) is 0 Å². The molecule has 7 atom stereocenters. The molecule has 9 amide bonds. The molecule has 0 radical (unpaired) electrons. The van der Waals surface area contributed by atoms with Crippen molar-refractivity contribution < 1.29 is 62.5 Å². The molecule has 73 heavy (non-hydrogen) atoms. The average Bonchev–Trinajstić information content (AvgIpc) is 3.35. The Bertz CT molecular complexity index is 1970. The third-order valence-electron chi connectivity index (χ3n) is 10.2. The number of rotatable bonds is 38. The van der Waals surface area contributed by atoms with Gasteiger partial charge in [-0.2, -0.15) is 37.0 Å². The molecule has 0 saturated carbocycles. The van der Waals surface area contributed by atoms with Gasteiger partial charge in [0, 0.05) is 38.1 Å². The van der Waals surface area contributed by atoms with Crippen LogP contribution in [0.3, 0.4) is 0 Å². The smallest absolute Gasteiger partial charge is 0.305 e. The summed E-state index contributed by atoms with van der Waals surface area (Å²) in [4.78, 5) is 135. The minimum atomic E-state index is -1.80. The number of unbranched alkanes of at least 4 members (excludes halogenated alkanes) is 1. The molecular weight excluding hydrogens is 1010 g/mol. The van der Waals surface area contributed by atoms with Crippen LogP contribution in [0.2, 0.25) is 0 Å². The number of carbonyl (C=O) groups is 10. The molecule has 0 aliphatic rings. The lowest BCUT2D eigenvalue weighted by molar-refractivity contribution is -0.141. The number of hydrogen-bond acceptors (Lipinski definition) is 17. The van der Waals surface area contributed by atoms with E-state index in [1.54, 1.807) is 36.6 Å². The molecule has 0 saturated heterocycles. The molecule has 0 bridgehead atoms. The number of nitrogens with zero attached hydrogens (tertiary/aromatic N) is 1. The van der Waals surface area contributed by atoms with Gasteiger partial charge in [0.05, 0.1) is 38.5 Å². The predicted molar refractivity (Wildman–Crippen MR) is 279 cm³/mol. The first-order valence-electron chi connectivity index (χ1n) is 23.2. The summed E-state index contributed by atoms with van der Waals surface area (Å²) in [5.41, 5.74) is 17.1. The number of amides is 9. The second kappa shape index (κ2) is 37.8. The van der Waals surface area contributed by atoms with Crippen LogP contribution >= 0.6 is 37.0 Å². The van der Waals surface area contributed by atoms with E-state index in [-0.39, 0.29) is 68.6 Å². The molecule has 1 rings (SSSR count). The van der Waals surface area contributed by atoms with Crippen molar-refractivity contribution in [3.63, 3.8) is 0 Å². The normalized spacial score (nSPS) is 13.7. The van der Waals surface area contributed by atoms with E-state index in [0.29, 0.717) is 38.2 Å². The summed E-state index contributed by atoms with van der Waals surface area (Å²) in [5.74, 6) is -9.42.